The van der Waals surface area contributed by atoms with E-state index in [4.69, 9.17) is 4.74 Å². The van der Waals surface area contributed by atoms with Crippen molar-refractivity contribution in [2.45, 2.75) is 33.2 Å². The maximum atomic E-state index is 5.36. The van der Waals surface area contributed by atoms with Crippen LogP contribution in [0.3, 0.4) is 0 Å². The molecular formula is C12H19NO. The Bertz CT molecular complexity index is 256. The lowest BCUT2D eigenvalue weighted by Gasteiger charge is -2.13. The van der Waals surface area contributed by atoms with Gasteiger partial charge in [0.25, 0.3) is 0 Å². The molecule has 0 saturated heterocycles. The Balaban J connectivity index is 2.54. The topological polar surface area (TPSA) is 21.3 Å². The van der Waals surface area contributed by atoms with Gasteiger partial charge in [0, 0.05) is 11.7 Å². The minimum atomic E-state index is 0.521. The van der Waals surface area contributed by atoms with Gasteiger partial charge in [-0.1, -0.05) is 6.92 Å². The standard InChI is InChI=1S/C12H19NO/c1-4-10(3)13-11-6-8-12(9-7-11)14-5-2/h6-10,13H,4-5H2,1-3H3. The summed E-state index contributed by atoms with van der Waals surface area (Å²) in [4.78, 5) is 0. The summed E-state index contributed by atoms with van der Waals surface area (Å²) in [6, 6.07) is 8.62. The van der Waals surface area contributed by atoms with Crippen LogP contribution in [-0.4, -0.2) is 12.6 Å². The van der Waals surface area contributed by atoms with E-state index in [0.29, 0.717) is 6.04 Å². The van der Waals surface area contributed by atoms with Gasteiger partial charge in [0.05, 0.1) is 6.61 Å². The summed E-state index contributed by atoms with van der Waals surface area (Å²) in [6.07, 6.45) is 1.13. The van der Waals surface area contributed by atoms with Crippen molar-refractivity contribution in [3.63, 3.8) is 0 Å². The van der Waals surface area contributed by atoms with E-state index in [-0.39, 0.29) is 0 Å². The number of hydrogen-bond donors (Lipinski definition) is 1. The van der Waals surface area contributed by atoms with E-state index >= 15 is 0 Å². The molecule has 0 spiro atoms. The van der Waals surface area contributed by atoms with E-state index in [0.717, 1.165) is 24.5 Å². The molecule has 1 aromatic carbocycles. The van der Waals surface area contributed by atoms with Crippen LogP contribution in [0.2, 0.25) is 0 Å². The quantitative estimate of drug-likeness (QED) is 0.774. The second kappa shape index (κ2) is 5.53. The second-order valence-electron chi connectivity index (χ2n) is 3.41. The van der Waals surface area contributed by atoms with Crippen molar-refractivity contribution >= 4 is 5.69 Å². The maximum absolute atomic E-state index is 5.36. The highest BCUT2D eigenvalue weighted by molar-refractivity contribution is 5.46. The highest BCUT2D eigenvalue weighted by Gasteiger charge is 1.98. The van der Waals surface area contributed by atoms with Crippen molar-refractivity contribution < 1.29 is 4.74 Å². The lowest BCUT2D eigenvalue weighted by molar-refractivity contribution is 0.340. The zero-order valence-corrected chi connectivity index (χ0v) is 9.21. The molecule has 0 amide bonds. The van der Waals surface area contributed by atoms with Gasteiger partial charge in [-0.15, -0.1) is 0 Å². The summed E-state index contributed by atoms with van der Waals surface area (Å²) in [7, 11) is 0. The van der Waals surface area contributed by atoms with E-state index in [9.17, 15) is 0 Å². The average molecular weight is 193 g/mol. The molecule has 0 radical (unpaired) electrons. The van der Waals surface area contributed by atoms with Crippen LogP contribution >= 0.6 is 0 Å². The third kappa shape index (κ3) is 3.29. The van der Waals surface area contributed by atoms with Gasteiger partial charge in [-0.05, 0) is 44.5 Å². The van der Waals surface area contributed by atoms with Crippen LogP contribution in [0.4, 0.5) is 5.69 Å². The van der Waals surface area contributed by atoms with Gasteiger partial charge < -0.3 is 10.1 Å². The lowest BCUT2D eigenvalue weighted by atomic mass is 10.2. The molecule has 0 aliphatic heterocycles. The molecular weight excluding hydrogens is 174 g/mol. The molecule has 0 aromatic heterocycles. The molecule has 0 fully saturated rings. The number of ether oxygens (including phenoxy) is 1. The molecule has 1 N–H and O–H groups in total. The van der Waals surface area contributed by atoms with Gasteiger partial charge in [0.1, 0.15) is 5.75 Å². The van der Waals surface area contributed by atoms with Gasteiger partial charge in [-0.2, -0.15) is 0 Å². The highest BCUT2D eigenvalue weighted by atomic mass is 16.5. The third-order valence-electron chi connectivity index (χ3n) is 2.19. The Labute approximate surface area is 86.3 Å². The monoisotopic (exact) mass is 193 g/mol. The summed E-state index contributed by atoms with van der Waals surface area (Å²) in [5.41, 5.74) is 1.16. The Kier molecular flexibility index (Phi) is 4.30. The zero-order valence-electron chi connectivity index (χ0n) is 9.21. The molecule has 1 unspecified atom stereocenters. The molecule has 1 rings (SSSR count). The van der Waals surface area contributed by atoms with Crippen LogP contribution in [0.25, 0.3) is 0 Å². The smallest absolute Gasteiger partial charge is 0.119 e. The number of rotatable bonds is 5. The minimum absolute atomic E-state index is 0.521. The first-order chi connectivity index (χ1) is 6.76. The molecule has 14 heavy (non-hydrogen) atoms. The van der Waals surface area contributed by atoms with Gasteiger partial charge in [0.15, 0.2) is 0 Å². The predicted octanol–water partition coefficient (Wildman–Crippen LogP) is 3.30. The first-order valence-corrected chi connectivity index (χ1v) is 5.25. The highest BCUT2D eigenvalue weighted by Crippen LogP contribution is 2.16. The SMILES string of the molecule is CCOc1ccc(NC(C)CC)cc1. The number of benzene rings is 1. The lowest BCUT2D eigenvalue weighted by Crippen LogP contribution is -2.13. The molecule has 2 nitrogen and oxygen atoms in total. The zero-order chi connectivity index (χ0) is 10.4. The fourth-order valence-electron chi connectivity index (χ4n) is 1.20. The summed E-state index contributed by atoms with van der Waals surface area (Å²) < 4.78 is 5.36. The predicted molar refractivity (Wildman–Crippen MR) is 61.0 cm³/mol. The average Bonchev–Trinajstić information content (AvgIpc) is 2.21. The van der Waals surface area contributed by atoms with Gasteiger partial charge in [-0.25, -0.2) is 0 Å². The van der Waals surface area contributed by atoms with Crippen molar-refractivity contribution in [1.29, 1.82) is 0 Å². The molecule has 2 heteroatoms. The Morgan fingerprint density at radius 3 is 2.36 bits per heavy atom. The van der Waals surface area contributed by atoms with Gasteiger partial charge >= 0.3 is 0 Å². The van der Waals surface area contributed by atoms with Crippen LogP contribution in [0.15, 0.2) is 24.3 Å². The van der Waals surface area contributed by atoms with E-state index < -0.39 is 0 Å². The van der Waals surface area contributed by atoms with E-state index in [2.05, 4.69) is 31.3 Å². The number of anilines is 1. The van der Waals surface area contributed by atoms with Crippen LogP contribution in [-0.2, 0) is 0 Å². The van der Waals surface area contributed by atoms with Crippen molar-refractivity contribution in [3.05, 3.63) is 24.3 Å². The fourth-order valence-corrected chi connectivity index (χ4v) is 1.20. The Hall–Kier alpha value is -1.18. The second-order valence-corrected chi connectivity index (χ2v) is 3.41. The van der Waals surface area contributed by atoms with Gasteiger partial charge in [0.2, 0.25) is 0 Å². The fraction of sp³-hybridized carbons (Fsp3) is 0.500. The van der Waals surface area contributed by atoms with Crippen LogP contribution < -0.4 is 10.1 Å². The first-order valence-electron chi connectivity index (χ1n) is 5.25. The summed E-state index contributed by atoms with van der Waals surface area (Å²) in [6.45, 7) is 7.06. The van der Waals surface area contributed by atoms with E-state index in [1.165, 1.54) is 0 Å². The van der Waals surface area contributed by atoms with Crippen LogP contribution in [0.1, 0.15) is 27.2 Å². The third-order valence-corrected chi connectivity index (χ3v) is 2.19. The number of nitrogens with one attached hydrogen (secondary N) is 1. The Morgan fingerprint density at radius 2 is 1.86 bits per heavy atom. The molecule has 1 atom stereocenters. The van der Waals surface area contributed by atoms with Crippen molar-refractivity contribution in [2.75, 3.05) is 11.9 Å². The summed E-state index contributed by atoms with van der Waals surface area (Å²) in [5.74, 6) is 0.933. The molecule has 0 saturated carbocycles. The molecule has 0 aliphatic carbocycles. The van der Waals surface area contributed by atoms with Gasteiger partial charge in [-0.3, -0.25) is 0 Å². The summed E-state index contributed by atoms with van der Waals surface area (Å²) >= 11 is 0. The van der Waals surface area contributed by atoms with Crippen molar-refractivity contribution in [2.24, 2.45) is 0 Å². The molecule has 1 aromatic rings. The minimum Gasteiger partial charge on any atom is -0.494 e. The largest absolute Gasteiger partial charge is 0.494 e. The molecule has 0 aliphatic rings. The normalized spacial score (nSPS) is 12.2. The van der Waals surface area contributed by atoms with E-state index in [1.807, 2.05) is 19.1 Å². The summed E-state index contributed by atoms with van der Waals surface area (Å²) in [5, 5.41) is 3.41. The van der Waals surface area contributed by atoms with Crippen molar-refractivity contribution in [1.82, 2.24) is 0 Å². The molecule has 0 bridgehead atoms. The molecule has 0 heterocycles. The maximum Gasteiger partial charge on any atom is 0.119 e. The van der Waals surface area contributed by atoms with Crippen LogP contribution in [0, 0.1) is 0 Å². The van der Waals surface area contributed by atoms with E-state index in [1.54, 1.807) is 0 Å². The Morgan fingerprint density at radius 1 is 1.21 bits per heavy atom. The first kappa shape index (κ1) is 10.9. The van der Waals surface area contributed by atoms with Crippen molar-refractivity contribution in [3.8, 4) is 5.75 Å². The molecule has 78 valence electrons. The van der Waals surface area contributed by atoms with Crippen LogP contribution in [0.5, 0.6) is 5.75 Å². The number of hydrogen-bond acceptors (Lipinski definition) is 2.